The van der Waals surface area contributed by atoms with Gasteiger partial charge in [-0.3, -0.25) is 4.99 Å². The van der Waals surface area contributed by atoms with Gasteiger partial charge < -0.3 is 15.0 Å². The summed E-state index contributed by atoms with van der Waals surface area (Å²) in [6.07, 6.45) is 0.677. The minimum absolute atomic E-state index is 0.00447. The molecule has 0 aromatic heterocycles. The van der Waals surface area contributed by atoms with Crippen LogP contribution in [-0.4, -0.2) is 101 Å². The molecule has 164 valence electrons. The highest BCUT2D eigenvalue weighted by Crippen LogP contribution is 2.18. The van der Waals surface area contributed by atoms with Crippen molar-refractivity contribution < 1.29 is 21.6 Å². The van der Waals surface area contributed by atoms with E-state index in [0.29, 0.717) is 45.7 Å². The Morgan fingerprint density at radius 1 is 1.25 bits per heavy atom. The molecule has 1 atom stereocenters. The molecule has 1 unspecified atom stereocenters. The summed E-state index contributed by atoms with van der Waals surface area (Å²) >= 11 is 0. The van der Waals surface area contributed by atoms with Crippen molar-refractivity contribution >= 4 is 25.8 Å². The number of nitrogens with one attached hydrogen (secondary N) is 1. The molecule has 0 aliphatic carbocycles. The Morgan fingerprint density at radius 2 is 1.93 bits per heavy atom. The molecule has 28 heavy (non-hydrogen) atoms. The normalized spacial score (nSPS) is 24.1. The highest BCUT2D eigenvalue weighted by Gasteiger charge is 2.30. The van der Waals surface area contributed by atoms with Crippen LogP contribution in [0.1, 0.15) is 27.2 Å². The molecule has 0 spiro atoms. The molecular weight excluding hydrogens is 404 g/mol. The summed E-state index contributed by atoms with van der Waals surface area (Å²) in [5, 5.41) is 3.24. The monoisotopic (exact) mass is 438 g/mol. The fraction of sp³-hybridized carbons (Fsp3) is 0.941. The van der Waals surface area contributed by atoms with Gasteiger partial charge in [-0.25, -0.2) is 16.8 Å². The molecule has 0 aromatic rings. The summed E-state index contributed by atoms with van der Waals surface area (Å²) in [6.45, 7) is 9.05. The highest BCUT2D eigenvalue weighted by molar-refractivity contribution is 7.91. The number of guanidine groups is 1. The van der Waals surface area contributed by atoms with Gasteiger partial charge in [0.1, 0.15) is 0 Å². The van der Waals surface area contributed by atoms with E-state index in [9.17, 15) is 16.8 Å². The zero-order valence-corrected chi connectivity index (χ0v) is 18.8. The van der Waals surface area contributed by atoms with Gasteiger partial charge in [0.15, 0.2) is 15.8 Å². The van der Waals surface area contributed by atoms with Crippen molar-refractivity contribution in [2.24, 2.45) is 10.9 Å². The van der Waals surface area contributed by atoms with Gasteiger partial charge in [0.2, 0.25) is 10.0 Å². The molecule has 2 rings (SSSR count). The Hall–Kier alpha value is -0.910. The molecule has 0 radical (unpaired) electrons. The molecule has 0 aromatic carbocycles. The van der Waals surface area contributed by atoms with Gasteiger partial charge in [-0.1, -0.05) is 0 Å². The molecule has 2 aliphatic rings. The topological polar surface area (TPSA) is 108 Å². The van der Waals surface area contributed by atoms with Gasteiger partial charge in [0.25, 0.3) is 0 Å². The van der Waals surface area contributed by atoms with Crippen LogP contribution in [0.3, 0.4) is 0 Å². The first-order valence-corrected chi connectivity index (χ1v) is 13.4. The molecule has 0 bridgehead atoms. The second kappa shape index (κ2) is 10.2. The predicted octanol–water partition coefficient (Wildman–Crippen LogP) is -0.241. The molecule has 2 saturated heterocycles. The number of sulfone groups is 1. The molecule has 0 amide bonds. The molecule has 9 nitrogen and oxygen atoms in total. The first kappa shape index (κ1) is 23.4. The number of hydrogen-bond acceptors (Lipinski definition) is 6. The van der Waals surface area contributed by atoms with Gasteiger partial charge in [0.05, 0.1) is 30.0 Å². The van der Waals surface area contributed by atoms with Crippen LogP contribution in [0.2, 0.25) is 0 Å². The average molecular weight is 439 g/mol. The van der Waals surface area contributed by atoms with Crippen molar-refractivity contribution in [2.75, 3.05) is 63.1 Å². The summed E-state index contributed by atoms with van der Waals surface area (Å²) in [6, 6.07) is 0. The average Bonchev–Trinajstić information content (AvgIpc) is 2.97. The third-order valence-corrected chi connectivity index (χ3v) is 8.56. The van der Waals surface area contributed by atoms with Gasteiger partial charge in [-0.2, -0.15) is 4.31 Å². The maximum Gasteiger partial charge on any atom is 0.216 e. The lowest BCUT2D eigenvalue weighted by Crippen LogP contribution is -2.54. The van der Waals surface area contributed by atoms with Crippen molar-refractivity contribution in [2.45, 2.75) is 33.3 Å². The minimum atomic E-state index is -3.32. The smallest absolute Gasteiger partial charge is 0.216 e. The highest BCUT2D eigenvalue weighted by atomic mass is 32.2. The third kappa shape index (κ3) is 7.16. The Kier molecular flexibility index (Phi) is 8.53. The van der Waals surface area contributed by atoms with E-state index in [1.54, 1.807) is 0 Å². The predicted molar refractivity (Wildman–Crippen MR) is 111 cm³/mol. The first-order valence-electron chi connectivity index (χ1n) is 9.96. The van der Waals surface area contributed by atoms with E-state index >= 15 is 0 Å². The van der Waals surface area contributed by atoms with Crippen LogP contribution in [0.5, 0.6) is 0 Å². The van der Waals surface area contributed by atoms with Crippen molar-refractivity contribution in [1.29, 1.82) is 0 Å². The second-order valence-electron chi connectivity index (χ2n) is 7.59. The quantitative estimate of drug-likeness (QED) is 0.411. The van der Waals surface area contributed by atoms with E-state index in [1.807, 2.05) is 25.7 Å². The number of hydrogen-bond donors (Lipinski definition) is 1. The Bertz CT molecular complexity index is 729. The third-order valence-electron chi connectivity index (χ3n) is 4.88. The largest absolute Gasteiger partial charge is 0.378 e. The fourth-order valence-corrected chi connectivity index (χ4v) is 6.49. The SMILES string of the molecule is CCNC(=NCC1CCS(=O)(=O)C1)N1CCN(S(=O)(=O)CCOC(C)C)CC1. The van der Waals surface area contributed by atoms with Crippen LogP contribution in [-0.2, 0) is 24.6 Å². The van der Waals surface area contributed by atoms with Crippen LogP contribution >= 0.6 is 0 Å². The molecule has 1 N–H and O–H groups in total. The maximum absolute atomic E-state index is 12.5. The van der Waals surface area contributed by atoms with Crippen LogP contribution < -0.4 is 5.32 Å². The first-order chi connectivity index (χ1) is 13.1. The maximum atomic E-state index is 12.5. The van der Waals surface area contributed by atoms with Crippen molar-refractivity contribution in [1.82, 2.24) is 14.5 Å². The number of rotatable bonds is 8. The van der Waals surface area contributed by atoms with E-state index in [1.165, 1.54) is 4.31 Å². The van der Waals surface area contributed by atoms with Crippen LogP contribution in [0.15, 0.2) is 4.99 Å². The Morgan fingerprint density at radius 3 is 2.46 bits per heavy atom. The summed E-state index contributed by atoms with van der Waals surface area (Å²) in [5.74, 6) is 1.25. The van der Waals surface area contributed by atoms with Crippen LogP contribution in [0, 0.1) is 5.92 Å². The zero-order valence-electron chi connectivity index (χ0n) is 17.1. The van der Waals surface area contributed by atoms with E-state index in [4.69, 9.17) is 4.74 Å². The van der Waals surface area contributed by atoms with Crippen molar-refractivity contribution in [3.63, 3.8) is 0 Å². The van der Waals surface area contributed by atoms with E-state index < -0.39 is 19.9 Å². The number of piperazine rings is 1. The van der Waals surface area contributed by atoms with Gasteiger partial charge in [0, 0.05) is 39.3 Å². The molecule has 11 heteroatoms. The van der Waals surface area contributed by atoms with E-state index in [2.05, 4.69) is 10.3 Å². The number of ether oxygens (including phenoxy) is 1. The lowest BCUT2D eigenvalue weighted by atomic mass is 10.1. The zero-order chi connectivity index (χ0) is 20.8. The standard InChI is InChI=1S/C17H34N4O5S2/c1-4-18-17(19-13-16-5-11-27(22,23)14-16)20-6-8-21(9-7-20)28(24,25)12-10-26-15(2)3/h15-16H,4-14H2,1-3H3,(H,18,19). The molecule has 2 fully saturated rings. The summed E-state index contributed by atoms with van der Waals surface area (Å²) in [4.78, 5) is 6.67. The minimum Gasteiger partial charge on any atom is -0.378 e. The molecule has 2 heterocycles. The molecule has 2 aliphatic heterocycles. The van der Waals surface area contributed by atoms with Crippen molar-refractivity contribution in [3.05, 3.63) is 0 Å². The van der Waals surface area contributed by atoms with Gasteiger partial charge in [-0.15, -0.1) is 0 Å². The second-order valence-corrected chi connectivity index (χ2v) is 11.9. The number of nitrogens with zero attached hydrogens (tertiary/aromatic N) is 3. The number of sulfonamides is 1. The molecular formula is C17H34N4O5S2. The lowest BCUT2D eigenvalue weighted by Gasteiger charge is -2.36. The van der Waals surface area contributed by atoms with E-state index in [0.717, 1.165) is 5.96 Å². The summed E-state index contributed by atoms with van der Waals surface area (Å²) in [7, 11) is -6.23. The Labute approximate surface area is 169 Å². The summed E-state index contributed by atoms with van der Waals surface area (Å²) < 4.78 is 55.0. The van der Waals surface area contributed by atoms with Gasteiger partial charge >= 0.3 is 0 Å². The van der Waals surface area contributed by atoms with Crippen molar-refractivity contribution in [3.8, 4) is 0 Å². The lowest BCUT2D eigenvalue weighted by molar-refractivity contribution is 0.0904. The molecule has 0 saturated carbocycles. The van der Waals surface area contributed by atoms with E-state index in [-0.39, 0.29) is 35.9 Å². The summed E-state index contributed by atoms with van der Waals surface area (Å²) in [5.41, 5.74) is 0. The number of aliphatic imine (C=N–C) groups is 1. The Balaban J connectivity index is 1.88. The van der Waals surface area contributed by atoms with Crippen LogP contribution in [0.4, 0.5) is 0 Å². The van der Waals surface area contributed by atoms with Gasteiger partial charge in [-0.05, 0) is 33.1 Å². The fourth-order valence-electron chi connectivity index (χ4n) is 3.35. The van der Waals surface area contributed by atoms with Crippen LogP contribution in [0.25, 0.3) is 0 Å².